The lowest BCUT2D eigenvalue weighted by atomic mass is 10.0. The molecule has 0 aliphatic heterocycles. The van der Waals surface area contributed by atoms with Crippen molar-refractivity contribution < 1.29 is 23.8 Å². The van der Waals surface area contributed by atoms with Crippen molar-refractivity contribution in [1.29, 1.82) is 0 Å². The number of carboxylic acids is 1. The van der Waals surface area contributed by atoms with Crippen LogP contribution in [0.2, 0.25) is 0 Å². The average molecular weight is 345 g/mol. The van der Waals surface area contributed by atoms with Crippen molar-refractivity contribution in [3.8, 4) is 5.75 Å². The van der Waals surface area contributed by atoms with Crippen LogP contribution in [0, 0.1) is 11.7 Å². The van der Waals surface area contributed by atoms with E-state index >= 15 is 0 Å². The van der Waals surface area contributed by atoms with Gasteiger partial charge >= 0.3 is 5.97 Å². The number of hydrogen-bond acceptors (Lipinski definition) is 3. The van der Waals surface area contributed by atoms with Crippen LogP contribution in [-0.2, 0) is 11.4 Å². The molecule has 0 aromatic heterocycles. The first-order valence-electron chi connectivity index (χ1n) is 7.88. The van der Waals surface area contributed by atoms with Gasteiger partial charge in [-0.3, -0.25) is 9.59 Å². The molecule has 2 aromatic rings. The molecule has 1 amide bonds. The molecule has 25 heavy (non-hydrogen) atoms. The van der Waals surface area contributed by atoms with E-state index in [1.165, 1.54) is 19.1 Å². The second kappa shape index (κ2) is 8.28. The molecule has 2 unspecified atom stereocenters. The molecule has 5 nitrogen and oxygen atoms in total. The summed E-state index contributed by atoms with van der Waals surface area (Å²) in [5.74, 6) is -2.05. The van der Waals surface area contributed by atoms with Gasteiger partial charge in [-0.25, -0.2) is 4.39 Å². The van der Waals surface area contributed by atoms with Gasteiger partial charge in [0, 0.05) is 6.04 Å². The van der Waals surface area contributed by atoms with Gasteiger partial charge in [-0.2, -0.15) is 0 Å². The molecule has 6 heteroatoms. The van der Waals surface area contributed by atoms with Gasteiger partial charge in [0.25, 0.3) is 5.91 Å². The number of benzene rings is 2. The largest absolute Gasteiger partial charge is 0.488 e. The first-order valence-corrected chi connectivity index (χ1v) is 7.88. The maximum Gasteiger partial charge on any atom is 0.308 e. The SMILES string of the molecule is CC(NC(=O)c1ccccc1OCc1ccc(F)cc1)C(C)C(=O)O. The maximum atomic E-state index is 12.9. The monoisotopic (exact) mass is 345 g/mol. The summed E-state index contributed by atoms with van der Waals surface area (Å²) in [6.07, 6.45) is 0. The Bertz CT molecular complexity index is 745. The van der Waals surface area contributed by atoms with Crippen molar-refractivity contribution >= 4 is 11.9 Å². The zero-order valence-corrected chi connectivity index (χ0v) is 14.0. The van der Waals surface area contributed by atoms with Crippen LogP contribution in [0.25, 0.3) is 0 Å². The minimum absolute atomic E-state index is 0.186. The van der Waals surface area contributed by atoms with Gasteiger partial charge < -0.3 is 15.2 Å². The molecule has 2 atom stereocenters. The third-order valence-corrected chi connectivity index (χ3v) is 3.94. The number of rotatable bonds is 7. The molecule has 0 saturated carbocycles. The fourth-order valence-corrected chi connectivity index (χ4v) is 2.15. The Morgan fingerprint density at radius 1 is 1.12 bits per heavy atom. The minimum atomic E-state index is -0.978. The molecule has 2 aromatic carbocycles. The molecule has 0 fully saturated rings. The molecule has 0 bridgehead atoms. The van der Waals surface area contributed by atoms with Crippen LogP contribution >= 0.6 is 0 Å². The lowest BCUT2D eigenvalue weighted by Crippen LogP contribution is -2.40. The van der Waals surface area contributed by atoms with E-state index in [2.05, 4.69) is 5.32 Å². The fraction of sp³-hybridized carbons (Fsp3) is 0.263. The normalized spacial score (nSPS) is 12.9. The molecular weight excluding hydrogens is 325 g/mol. The number of amides is 1. The molecule has 0 heterocycles. The zero-order valence-electron chi connectivity index (χ0n) is 14.0. The van der Waals surface area contributed by atoms with Crippen molar-refractivity contribution in [1.82, 2.24) is 5.32 Å². The van der Waals surface area contributed by atoms with Crippen molar-refractivity contribution in [2.75, 3.05) is 0 Å². The molecule has 0 aliphatic rings. The zero-order chi connectivity index (χ0) is 18.4. The molecule has 2 N–H and O–H groups in total. The Kier molecular flexibility index (Phi) is 6.11. The molecular formula is C19H20FNO4. The lowest BCUT2D eigenvalue weighted by molar-refractivity contribution is -0.141. The molecule has 2 rings (SSSR count). The van der Waals surface area contributed by atoms with Gasteiger partial charge in [0.05, 0.1) is 11.5 Å². The summed E-state index contributed by atoms with van der Waals surface area (Å²) in [4.78, 5) is 23.4. The Morgan fingerprint density at radius 3 is 2.40 bits per heavy atom. The summed E-state index contributed by atoms with van der Waals surface area (Å²) in [5, 5.41) is 11.7. The fourth-order valence-electron chi connectivity index (χ4n) is 2.15. The van der Waals surface area contributed by atoms with E-state index in [0.717, 1.165) is 5.56 Å². The van der Waals surface area contributed by atoms with E-state index in [0.29, 0.717) is 11.3 Å². The van der Waals surface area contributed by atoms with E-state index in [1.807, 2.05) is 0 Å². The number of hydrogen-bond donors (Lipinski definition) is 2. The van der Waals surface area contributed by atoms with Gasteiger partial charge in [0.1, 0.15) is 18.2 Å². The highest BCUT2D eigenvalue weighted by Crippen LogP contribution is 2.20. The van der Waals surface area contributed by atoms with Crippen molar-refractivity contribution in [2.45, 2.75) is 26.5 Å². The van der Waals surface area contributed by atoms with E-state index in [1.54, 1.807) is 43.3 Å². The van der Waals surface area contributed by atoms with Crippen molar-refractivity contribution in [2.24, 2.45) is 5.92 Å². The van der Waals surface area contributed by atoms with Crippen LogP contribution in [0.4, 0.5) is 4.39 Å². The highest BCUT2D eigenvalue weighted by molar-refractivity contribution is 5.97. The first kappa shape index (κ1) is 18.4. The molecule has 0 saturated heterocycles. The van der Waals surface area contributed by atoms with Gasteiger partial charge in [0.15, 0.2) is 0 Å². The minimum Gasteiger partial charge on any atom is -0.488 e. The summed E-state index contributed by atoms with van der Waals surface area (Å²) >= 11 is 0. The van der Waals surface area contributed by atoms with Crippen molar-refractivity contribution in [3.63, 3.8) is 0 Å². The predicted octanol–water partition coefficient (Wildman–Crippen LogP) is 3.24. The van der Waals surface area contributed by atoms with Crippen LogP contribution < -0.4 is 10.1 Å². The highest BCUT2D eigenvalue weighted by Gasteiger charge is 2.22. The third-order valence-electron chi connectivity index (χ3n) is 3.94. The Labute approximate surface area is 145 Å². The number of carbonyl (C=O) groups excluding carboxylic acids is 1. The van der Waals surface area contributed by atoms with E-state index in [9.17, 15) is 14.0 Å². The Balaban J connectivity index is 2.07. The van der Waals surface area contributed by atoms with Crippen LogP contribution in [0.1, 0.15) is 29.8 Å². The summed E-state index contributed by atoms with van der Waals surface area (Å²) < 4.78 is 18.6. The van der Waals surface area contributed by atoms with Crippen LogP contribution in [0.15, 0.2) is 48.5 Å². The van der Waals surface area contributed by atoms with Gasteiger partial charge in [0.2, 0.25) is 0 Å². The van der Waals surface area contributed by atoms with Crippen molar-refractivity contribution in [3.05, 3.63) is 65.5 Å². The first-order chi connectivity index (χ1) is 11.9. The second-order valence-corrected chi connectivity index (χ2v) is 5.80. The topological polar surface area (TPSA) is 75.6 Å². The number of nitrogens with one attached hydrogen (secondary N) is 1. The summed E-state index contributed by atoms with van der Waals surface area (Å²) in [7, 11) is 0. The van der Waals surface area contributed by atoms with Gasteiger partial charge in [-0.05, 0) is 43.7 Å². The predicted molar refractivity (Wildman–Crippen MR) is 90.9 cm³/mol. The lowest BCUT2D eigenvalue weighted by Gasteiger charge is -2.19. The molecule has 0 spiro atoms. The Hall–Kier alpha value is -2.89. The second-order valence-electron chi connectivity index (χ2n) is 5.80. The number of para-hydroxylation sites is 1. The van der Waals surface area contributed by atoms with Crippen LogP contribution in [0.3, 0.4) is 0 Å². The maximum absolute atomic E-state index is 12.9. The van der Waals surface area contributed by atoms with Gasteiger partial charge in [-0.1, -0.05) is 24.3 Å². The van der Waals surface area contributed by atoms with Gasteiger partial charge in [-0.15, -0.1) is 0 Å². The third kappa shape index (κ3) is 5.04. The summed E-state index contributed by atoms with van der Waals surface area (Å²) in [6, 6.07) is 12.1. The number of ether oxygens (including phenoxy) is 1. The number of aliphatic carboxylic acids is 1. The van der Waals surface area contributed by atoms with Crippen LogP contribution in [-0.4, -0.2) is 23.0 Å². The van der Waals surface area contributed by atoms with Crippen LogP contribution in [0.5, 0.6) is 5.75 Å². The number of carboxylic acid groups (broad SMARTS) is 1. The van der Waals surface area contributed by atoms with E-state index in [-0.39, 0.29) is 12.4 Å². The molecule has 132 valence electrons. The van der Waals surface area contributed by atoms with E-state index < -0.39 is 23.8 Å². The highest BCUT2D eigenvalue weighted by atomic mass is 19.1. The summed E-state index contributed by atoms with van der Waals surface area (Å²) in [5.41, 5.74) is 1.08. The van der Waals surface area contributed by atoms with E-state index in [4.69, 9.17) is 9.84 Å². The Morgan fingerprint density at radius 2 is 1.76 bits per heavy atom. The summed E-state index contributed by atoms with van der Waals surface area (Å²) in [6.45, 7) is 3.36. The molecule has 0 radical (unpaired) electrons. The smallest absolute Gasteiger partial charge is 0.308 e. The number of carbonyl (C=O) groups is 2. The standard InChI is InChI=1S/C19H20FNO4/c1-12(19(23)24)13(2)21-18(22)16-5-3-4-6-17(16)25-11-14-7-9-15(20)10-8-14/h3-10,12-13H,11H2,1-2H3,(H,21,22)(H,23,24). The average Bonchev–Trinajstić information content (AvgIpc) is 2.60. The molecule has 0 aliphatic carbocycles. The quantitative estimate of drug-likeness (QED) is 0.808. The number of halogens is 1.